The Hall–Kier alpha value is -1.74. The van der Waals surface area contributed by atoms with Gasteiger partial charge in [-0.15, -0.1) is 0 Å². The smallest absolute Gasteiger partial charge is 0.128 e. The highest BCUT2D eigenvalue weighted by Crippen LogP contribution is 2.27. The van der Waals surface area contributed by atoms with E-state index in [9.17, 15) is 0 Å². The highest BCUT2D eigenvalue weighted by molar-refractivity contribution is 5.36. The molecule has 0 spiro atoms. The Morgan fingerprint density at radius 3 is 2.79 bits per heavy atom. The van der Waals surface area contributed by atoms with E-state index in [0.717, 1.165) is 35.6 Å². The van der Waals surface area contributed by atoms with E-state index in [0.29, 0.717) is 0 Å². The normalized spacial score (nSPS) is 12.4. The molecule has 1 N–H and O–H groups in total. The Labute approximate surface area is 114 Å². The van der Waals surface area contributed by atoms with Gasteiger partial charge in [-0.2, -0.15) is 0 Å². The predicted octanol–water partition coefficient (Wildman–Crippen LogP) is 3.69. The number of ether oxygens (including phenoxy) is 1. The molecule has 1 aromatic carbocycles. The van der Waals surface area contributed by atoms with Gasteiger partial charge in [0.05, 0.1) is 19.4 Å². The van der Waals surface area contributed by atoms with Crippen molar-refractivity contribution >= 4 is 0 Å². The molecule has 1 aromatic heterocycles. The van der Waals surface area contributed by atoms with E-state index in [1.165, 1.54) is 0 Å². The maximum Gasteiger partial charge on any atom is 0.128 e. The average molecular weight is 259 g/mol. The van der Waals surface area contributed by atoms with Gasteiger partial charge in [-0.25, -0.2) is 0 Å². The fourth-order valence-corrected chi connectivity index (χ4v) is 2.15. The fraction of sp³-hybridized carbons (Fsp3) is 0.375. The molecule has 1 atom stereocenters. The molecule has 0 bridgehead atoms. The second kappa shape index (κ2) is 6.43. The molecule has 0 saturated heterocycles. The number of hydrogen-bond donors (Lipinski definition) is 1. The van der Waals surface area contributed by atoms with E-state index in [1.54, 1.807) is 13.4 Å². The van der Waals surface area contributed by atoms with Crippen LogP contribution in [0.2, 0.25) is 0 Å². The third kappa shape index (κ3) is 3.18. The molecular formula is C16H21NO2. The summed E-state index contributed by atoms with van der Waals surface area (Å²) in [7, 11) is 1.69. The first-order chi connectivity index (χ1) is 9.26. The summed E-state index contributed by atoms with van der Waals surface area (Å²) in [5, 5.41) is 3.53. The van der Waals surface area contributed by atoms with E-state index in [4.69, 9.17) is 9.15 Å². The zero-order chi connectivity index (χ0) is 13.7. The molecule has 1 heterocycles. The SMILES string of the molecule is CCCNC(c1cccc(OC)c1)c1occc1C. The van der Waals surface area contributed by atoms with Gasteiger partial charge in [0.2, 0.25) is 0 Å². The fourth-order valence-electron chi connectivity index (χ4n) is 2.15. The molecule has 0 saturated carbocycles. The summed E-state index contributed by atoms with van der Waals surface area (Å²) >= 11 is 0. The number of rotatable bonds is 6. The van der Waals surface area contributed by atoms with Crippen molar-refractivity contribution in [2.45, 2.75) is 26.3 Å². The molecule has 0 aliphatic carbocycles. The minimum atomic E-state index is 0.0741. The van der Waals surface area contributed by atoms with Crippen molar-refractivity contribution in [3.8, 4) is 5.75 Å². The van der Waals surface area contributed by atoms with Gasteiger partial charge >= 0.3 is 0 Å². The Bertz CT molecular complexity index is 519. The summed E-state index contributed by atoms with van der Waals surface area (Å²) < 4.78 is 10.9. The molecule has 0 fully saturated rings. The van der Waals surface area contributed by atoms with Gasteiger partial charge in [0.25, 0.3) is 0 Å². The quantitative estimate of drug-likeness (QED) is 0.859. The Kier molecular flexibility index (Phi) is 4.63. The summed E-state index contributed by atoms with van der Waals surface area (Å²) in [5.74, 6) is 1.84. The number of aryl methyl sites for hydroxylation is 1. The van der Waals surface area contributed by atoms with Gasteiger partial charge in [0.15, 0.2) is 0 Å². The third-order valence-corrected chi connectivity index (χ3v) is 3.19. The van der Waals surface area contributed by atoms with Gasteiger partial charge in [-0.05, 0) is 49.2 Å². The highest BCUT2D eigenvalue weighted by Gasteiger charge is 2.18. The van der Waals surface area contributed by atoms with Crippen molar-refractivity contribution in [3.63, 3.8) is 0 Å². The summed E-state index contributed by atoms with van der Waals surface area (Å²) in [4.78, 5) is 0. The number of furan rings is 1. The van der Waals surface area contributed by atoms with Crippen LogP contribution in [0.1, 0.15) is 36.3 Å². The first-order valence-corrected chi connectivity index (χ1v) is 6.67. The molecule has 0 amide bonds. The van der Waals surface area contributed by atoms with Crippen LogP contribution in [-0.4, -0.2) is 13.7 Å². The topological polar surface area (TPSA) is 34.4 Å². The van der Waals surface area contributed by atoms with E-state index in [1.807, 2.05) is 18.2 Å². The molecule has 102 valence electrons. The van der Waals surface area contributed by atoms with E-state index >= 15 is 0 Å². The van der Waals surface area contributed by atoms with Crippen LogP contribution in [0.5, 0.6) is 5.75 Å². The molecule has 3 nitrogen and oxygen atoms in total. The Morgan fingerprint density at radius 2 is 2.16 bits per heavy atom. The van der Waals surface area contributed by atoms with Crippen LogP contribution in [0, 0.1) is 6.92 Å². The highest BCUT2D eigenvalue weighted by atomic mass is 16.5. The van der Waals surface area contributed by atoms with Gasteiger partial charge in [-0.3, -0.25) is 0 Å². The maximum atomic E-state index is 5.65. The second-order valence-corrected chi connectivity index (χ2v) is 4.63. The first kappa shape index (κ1) is 13.7. The van der Waals surface area contributed by atoms with Crippen LogP contribution in [0.3, 0.4) is 0 Å². The molecule has 2 aromatic rings. The molecule has 19 heavy (non-hydrogen) atoms. The lowest BCUT2D eigenvalue weighted by Gasteiger charge is -2.18. The van der Waals surface area contributed by atoms with Crippen molar-refractivity contribution < 1.29 is 9.15 Å². The third-order valence-electron chi connectivity index (χ3n) is 3.19. The van der Waals surface area contributed by atoms with Crippen LogP contribution in [-0.2, 0) is 0 Å². The van der Waals surface area contributed by atoms with Crippen molar-refractivity contribution in [2.24, 2.45) is 0 Å². The average Bonchev–Trinajstić information content (AvgIpc) is 2.86. The summed E-state index contributed by atoms with van der Waals surface area (Å²) in [5.41, 5.74) is 2.32. The monoisotopic (exact) mass is 259 g/mol. The Morgan fingerprint density at radius 1 is 1.32 bits per heavy atom. The minimum absolute atomic E-state index is 0.0741. The maximum absolute atomic E-state index is 5.65. The van der Waals surface area contributed by atoms with E-state index in [-0.39, 0.29) is 6.04 Å². The van der Waals surface area contributed by atoms with Crippen LogP contribution in [0.4, 0.5) is 0 Å². The molecular weight excluding hydrogens is 238 g/mol. The summed E-state index contributed by atoms with van der Waals surface area (Å²) in [6.07, 6.45) is 2.83. The van der Waals surface area contributed by atoms with Crippen LogP contribution in [0.25, 0.3) is 0 Å². The number of hydrogen-bond acceptors (Lipinski definition) is 3. The van der Waals surface area contributed by atoms with E-state index in [2.05, 4.69) is 31.3 Å². The number of methoxy groups -OCH3 is 1. The lowest BCUT2D eigenvalue weighted by atomic mass is 10.0. The Balaban J connectivity index is 2.34. The molecule has 1 unspecified atom stereocenters. The van der Waals surface area contributed by atoms with Crippen LogP contribution < -0.4 is 10.1 Å². The first-order valence-electron chi connectivity index (χ1n) is 6.67. The molecule has 2 rings (SSSR count). The van der Waals surface area contributed by atoms with Crippen LogP contribution in [0.15, 0.2) is 41.0 Å². The number of benzene rings is 1. The standard InChI is InChI=1S/C16H21NO2/c1-4-9-17-15(16-12(2)8-10-19-16)13-6-5-7-14(11-13)18-3/h5-8,10-11,15,17H,4,9H2,1-3H3. The lowest BCUT2D eigenvalue weighted by Crippen LogP contribution is -2.23. The summed E-state index contributed by atoms with van der Waals surface area (Å²) in [6.45, 7) is 5.17. The zero-order valence-corrected chi connectivity index (χ0v) is 11.8. The molecule has 0 radical (unpaired) electrons. The van der Waals surface area contributed by atoms with Gasteiger partial charge in [0, 0.05) is 0 Å². The lowest BCUT2D eigenvalue weighted by molar-refractivity contribution is 0.411. The van der Waals surface area contributed by atoms with Crippen molar-refractivity contribution in [3.05, 3.63) is 53.5 Å². The van der Waals surface area contributed by atoms with Crippen LogP contribution >= 0.6 is 0 Å². The minimum Gasteiger partial charge on any atom is -0.497 e. The van der Waals surface area contributed by atoms with Gasteiger partial charge < -0.3 is 14.5 Å². The number of nitrogens with one attached hydrogen (secondary N) is 1. The summed E-state index contributed by atoms with van der Waals surface area (Å²) in [6, 6.07) is 10.2. The molecule has 3 heteroatoms. The van der Waals surface area contributed by atoms with Gasteiger partial charge in [-0.1, -0.05) is 19.1 Å². The van der Waals surface area contributed by atoms with Crippen molar-refractivity contribution in [1.29, 1.82) is 0 Å². The molecule has 0 aliphatic heterocycles. The largest absolute Gasteiger partial charge is 0.497 e. The van der Waals surface area contributed by atoms with Gasteiger partial charge in [0.1, 0.15) is 11.5 Å². The van der Waals surface area contributed by atoms with Crippen molar-refractivity contribution in [2.75, 3.05) is 13.7 Å². The second-order valence-electron chi connectivity index (χ2n) is 4.63. The zero-order valence-electron chi connectivity index (χ0n) is 11.8. The van der Waals surface area contributed by atoms with E-state index < -0.39 is 0 Å². The molecule has 0 aliphatic rings. The van der Waals surface area contributed by atoms with Crippen molar-refractivity contribution in [1.82, 2.24) is 5.32 Å². The predicted molar refractivity (Wildman–Crippen MR) is 76.6 cm³/mol.